The largest absolute Gasteiger partial charge is 0.508 e. The average molecular weight is 291 g/mol. The van der Waals surface area contributed by atoms with Crippen LogP contribution in [-0.2, 0) is 0 Å². The van der Waals surface area contributed by atoms with Gasteiger partial charge in [-0.1, -0.05) is 29.8 Å². The monoisotopic (exact) mass is 290 g/mol. The maximum atomic E-state index is 9.60. The number of phenols is 1. The van der Waals surface area contributed by atoms with Gasteiger partial charge in [0.2, 0.25) is 0 Å². The lowest BCUT2D eigenvalue weighted by Gasteiger charge is -2.29. The average Bonchev–Trinajstić information content (AvgIpc) is 2.37. The van der Waals surface area contributed by atoms with Crippen molar-refractivity contribution in [1.82, 2.24) is 5.32 Å². The van der Waals surface area contributed by atoms with Gasteiger partial charge in [0.25, 0.3) is 0 Å². The molecule has 1 aliphatic rings. The molecule has 0 aliphatic carbocycles. The third-order valence-corrected chi connectivity index (χ3v) is 3.51. The van der Waals surface area contributed by atoms with Crippen molar-refractivity contribution in [3.8, 4) is 5.75 Å². The number of fused-ring (bicyclic) bond motifs is 1. The second kappa shape index (κ2) is 4.72. The molecule has 0 fully saturated rings. The highest BCUT2D eigenvalue weighted by atomic mass is 35.5. The van der Waals surface area contributed by atoms with E-state index in [1.807, 2.05) is 30.3 Å². The van der Waals surface area contributed by atoms with Gasteiger partial charge in [0.05, 0.1) is 6.04 Å². The number of hydrogen-bond donors (Lipinski definition) is 3. The van der Waals surface area contributed by atoms with E-state index in [4.69, 9.17) is 23.8 Å². The molecule has 0 radical (unpaired) electrons. The first-order valence-electron chi connectivity index (χ1n) is 5.79. The normalized spacial score (nSPS) is 17.3. The Kier molecular flexibility index (Phi) is 3.05. The lowest BCUT2D eigenvalue weighted by molar-refractivity contribution is 0.474. The third kappa shape index (κ3) is 2.37. The molecule has 2 aromatic rings. The van der Waals surface area contributed by atoms with Crippen molar-refractivity contribution in [2.45, 2.75) is 6.04 Å². The summed E-state index contributed by atoms with van der Waals surface area (Å²) in [6.07, 6.45) is 0. The molecular weight excluding hydrogens is 280 g/mol. The van der Waals surface area contributed by atoms with Crippen LogP contribution in [0.25, 0.3) is 0 Å². The molecule has 0 saturated heterocycles. The molecule has 0 spiro atoms. The van der Waals surface area contributed by atoms with E-state index in [0.29, 0.717) is 10.1 Å². The van der Waals surface area contributed by atoms with E-state index in [9.17, 15) is 5.11 Å². The Hall–Kier alpha value is -1.78. The van der Waals surface area contributed by atoms with Gasteiger partial charge in [-0.25, -0.2) is 0 Å². The molecule has 1 atom stereocenters. The van der Waals surface area contributed by atoms with Gasteiger partial charge in [-0.2, -0.15) is 0 Å². The molecule has 3 rings (SSSR count). The molecule has 2 aromatic carbocycles. The molecule has 3 N–H and O–H groups in total. The van der Waals surface area contributed by atoms with Gasteiger partial charge < -0.3 is 15.7 Å². The van der Waals surface area contributed by atoms with Gasteiger partial charge in [-0.3, -0.25) is 0 Å². The molecule has 1 heterocycles. The van der Waals surface area contributed by atoms with E-state index in [0.717, 1.165) is 16.8 Å². The number of phenolic OH excluding ortho intramolecular Hbond substituents is 1. The van der Waals surface area contributed by atoms with Crippen LogP contribution in [-0.4, -0.2) is 10.2 Å². The van der Waals surface area contributed by atoms with Gasteiger partial charge in [0.1, 0.15) is 5.75 Å². The van der Waals surface area contributed by atoms with Crippen LogP contribution in [0.15, 0.2) is 42.5 Å². The summed E-state index contributed by atoms with van der Waals surface area (Å²) in [5.74, 6) is 0.235. The maximum absolute atomic E-state index is 9.60. The molecule has 0 amide bonds. The molecular formula is C14H11ClN2OS. The first-order chi connectivity index (χ1) is 9.13. The molecule has 3 nitrogen and oxygen atoms in total. The molecule has 0 bridgehead atoms. The molecule has 5 heteroatoms. The summed E-state index contributed by atoms with van der Waals surface area (Å²) < 4.78 is 0. The minimum atomic E-state index is -0.0897. The van der Waals surface area contributed by atoms with Crippen LogP contribution in [0.1, 0.15) is 17.2 Å². The van der Waals surface area contributed by atoms with Crippen LogP contribution >= 0.6 is 23.8 Å². The van der Waals surface area contributed by atoms with Crippen LogP contribution < -0.4 is 10.6 Å². The van der Waals surface area contributed by atoms with Gasteiger partial charge in [0.15, 0.2) is 5.11 Å². The van der Waals surface area contributed by atoms with Crippen LogP contribution in [0.2, 0.25) is 5.02 Å². The minimum absolute atomic E-state index is 0.0897. The number of hydrogen-bond acceptors (Lipinski definition) is 2. The fourth-order valence-corrected chi connectivity index (χ4v) is 2.62. The maximum Gasteiger partial charge on any atom is 0.171 e. The highest BCUT2D eigenvalue weighted by Gasteiger charge is 2.23. The zero-order chi connectivity index (χ0) is 13.4. The molecule has 19 heavy (non-hydrogen) atoms. The number of thiocarbonyl (C=S) groups is 1. The lowest BCUT2D eigenvalue weighted by Crippen LogP contribution is -2.37. The number of benzene rings is 2. The van der Waals surface area contributed by atoms with Crippen LogP contribution in [0.4, 0.5) is 5.69 Å². The molecule has 96 valence electrons. The van der Waals surface area contributed by atoms with E-state index in [-0.39, 0.29) is 11.8 Å². The smallest absolute Gasteiger partial charge is 0.171 e. The predicted octanol–water partition coefficient (Wildman–Crippen LogP) is 3.44. The Bertz CT molecular complexity index is 660. The second-order valence-electron chi connectivity index (χ2n) is 4.36. The van der Waals surface area contributed by atoms with Crippen molar-refractivity contribution < 1.29 is 5.11 Å². The summed E-state index contributed by atoms with van der Waals surface area (Å²) in [6.45, 7) is 0. The highest BCUT2D eigenvalue weighted by molar-refractivity contribution is 7.80. The first kappa shape index (κ1) is 12.3. The Balaban J connectivity index is 2.11. The van der Waals surface area contributed by atoms with Gasteiger partial charge in [-0.05, 0) is 42.0 Å². The summed E-state index contributed by atoms with van der Waals surface area (Å²) in [5.41, 5.74) is 2.89. The van der Waals surface area contributed by atoms with Crippen LogP contribution in [0.5, 0.6) is 5.75 Å². The summed E-state index contributed by atoms with van der Waals surface area (Å²) in [7, 11) is 0. The quantitative estimate of drug-likeness (QED) is 0.704. The second-order valence-corrected chi connectivity index (χ2v) is 5.20. The summed E-state index contributed by atoms with van der Waals surface area (Å²) in [4.78, 5) is 0. The Labute approximate surface area is 121 Å². The molecule has 0 aromatic heterocycles. The van der Waals surface area contributed by atoms with Crippen LogP contribution in [0, 0.1) is 0 Å². The molecule has 0 saturated carbocycles. The molecule has 1 aliphatic heterocycles. The number of anilines is 1. The summed E-state index contributed by atoms with van der Waals surface area (Å²) in [6, 6.07) is 12.7. The van der Waals surface area contributed by atoms with Crippen LogP contribution in [0.3, 0.4) is 0 Å². The Morgan fingerprint density at radius 3 is 2.79 bits per heavy atom. The van der Waals surface area contributed by atoms with Crippen molar-refractivity contribution in [1.29, 1.82) is 0 Å². The first-order valence-corrected chi connectivity index (χ1v) is 6.58. The Morgan fingerprint density at radius 2 is 2.00 bits per heavy atom. The van der Waals surface area contributed by atoms with E-state index < -0.39 is 0 Å². The number of aromatic hydroxyl groups is 1. The van der Waals surface area contributed by atoms with E-state index in [2.05, 4.69) is 10.6 Å². The van der Waals surface area contributed by atoms with E-state index >= 15 is 0 Å². The van der Waals surface area contributed by atoms with E-state index in [1.54, 1.807) is 12.1 Å². The highest BCUT2D eigenvalue weighted by Crippen LogP contribution is 2.34. The number of rotatable bonds is 1. The van der Waals surface area contributed by atoms with E-state index in [1.165, 1.54) is 0 Å². The van der Waals surface area contributed by atoms with Gasteiger partial charge >= 0.3 is 0 Å². The predicted molar refractivity (Wildman–Crippen MR) is 80.8 cm³/mol. The zero-order valence-electron chi connectivity index (χ0n) is 9.85. The number of nitrogens with one attached hydrogen (secondary N) is 2. The standard InChI is InChI=1S/C14H11ClN2OS/c15-9-4-5-11-12(7-9)16-14(19)17-13(11)8-2-1-3-10(18)6-8/h1-7,13,18H,(H2,16,17,19). The van der Waals surface area contributed by atoms with Crippen molar-refractivity contribution >= 4 is 34.6 Å². The zero-order valence-corrected chi connectivity index (χ0v) is 11.4. The fraction of sp³-hybridized carbons (Fsp3) is 0.0714. The topological polar surface area (TPSA) is 44.3 Å². The summed E-state index contributed by atoms with van der Waals surface area (Å²) in [5, 5.41) is 17.1. The minimum Gasteiger partial charge on any atom is -0.508 e. The molecule has 1 unspecified atom stereocenters. The van der Waals surface area contributed by atoms with Crippen molar-refractivity contribution in [2.24, 2.45) is 0 Å². The Morgan fingerprint density at radius 1 is 1.16 bits per heavy atom. The summed E-state index contributed by atoms with van der Waals surface area (Å²) >= 11 is 11.2. The van der Waals surface area contributed by atoms with Crippen molar-refractivity contribution in [3.63, 3.8) is 0 Å². The van der Waals surface area contributed by atoms with Gasteiger partial charge in [-0.15, -0.1) is 0 Å². The van der Waals surface area contributed by atoms with Crippen molar-refractivity contribution in [3.05, 3.63) is 58.6 Å². The lowest BCUT2D eigenvalue weighted by atomic mass is 9.95. The van der Waals surface area contributed by atoms with Crippen molar-refractivity contribution in [2.75, 3.05) is 5.32 Å². The van der Waals surface area contributed by atoms with Gasteiger partial charge in [0, 0.05) is 16.3 Å². The fourth-order valence-electron chi connectivity index (χ4n) is 2.22. The number of halogens is 1. The SMILES string of the molecule is Oc1cccc(C2NC(=S)Nc3cc(Cl)ccc32)c1. The third-order valence-electron chi connectivity index (χ3n) is 3.05.